The van der Waals surface area contributed by atoms with Crippen LogP contribution in [0, 0.1) is 0 Å². The molecule has 0 unspecified atom stereocenters. The Labute approximate surface area is 150 Å². The Morgan fingerprint density at radius 2 is 2.28 bits per heavy atom. The van der Waals surface area contributed by atoms with Gasteiger partial charge in [0.2, 0.25) is 0 Å². The number of nitrogens with one attached hydrogen (secondary N) is 1. The van der Waals surface area contributed by atoms with Crippen LogP contribution < -0.4 is 5.32 Å². The number of rotatable bonds is 6. The van der Waals surface area contributed by atoms with E-state index < -0.39 is 5.60 Å². The Kier molecular flexibility index (Phi) is 6.70. The summed E-state index contributed by atoms with van der Waals surface area (Å²) in [7, 11) is 0. The lowest BCUT2D eigenvalue weighted by Gasteiger charge is -2.37. The second-order valence-electron chi connectivity index (χ2n) is 7.68. The molecule has 2 heterocycles. The number of carbonyl (C=O) groups is 1. The van der Waals surface area contributed by atoms with E-state index in [0.29, 0.717) is 19.8 Å². The fourth-order valence-electron chi connectivity index (χ4n) is 2.95. The predicted octanol–water partition coefficient (Wildman–Crippen LogP) is 3.12. The smallest absolute Gasteiger partial charge is 0.410 e. The molecule has 0 saturated carbocycles. The molecule has 1 fully saturated rings. The minimum absolute atomic E-state index is 0.0109. The number of nitrogens with zero attached hydrogens (tertiary/aromatic N) is 3. The second-order valence-corrected chi connectivity index (χ2v) is 7.68. The minimum Gasteiger partial charge on any atom is -0.444 e. The highest BCUT2D eigenvalue weighted by Crippen LogP contribution is 2.19. The van der Waals surface area contributed by atoms with Gasteiger partial charge in [0.25, 0.3) is 0 Å². The van der Waals surface area contributed by atoms with Crippen LogP contribution in [0.15, 0.2) is 12.4 Å². The molecule has 0 aliphatic carbocycles. The molecule has 0 radical (unpaired) electrons. The summed E-state index contributed by atoms with van der Waals surface area (Å²) in [5, 5.41) is 7.79. The molecule has 1 saturated heterocycles. The zero-order chi connectivity index (χ0) is 18.4. The molecule has 0 spiro atoms. The maximum atomic E-state index is 12.5. The third-order valence-electron chi connectivity index (χ3n) is 3.98. The van der Waals surface area contributed by atoms with Crippen molar-refractivity contribution in [3.05, 3.63) is 12.4 Å². The lowest BCUT2D eigenvalue weighted by atomic mass is 10.1. The van der Waals surface area contributed by atoms with Crippen LogP contribution in [0.25, 0.3) is 0 Å². The Morgan fingerprint density at radius 1 is 1.52 bits per heavy atom. The summed E-state index contributed by atoms with van der Waals surface area (Å²) in [5.41, 5.74) is 0.513. The van der Waals surface area contributed by atoms with E-state index in [2.05, 4.69) is 24.3 Å². The van der Waals surface area contributed by atoms with E-state index in [1.807, 2.05) is 37.8 Å². The van der Waals surface area contributed by atoms with E-state index in [0.717, 1.165) is 25.1 Å². The van der Waals surface area contributed by atoms with Gasteiger partial charge >= 0.3 is 6.09 Å². The van der Waals surface area contributed by atoms with Crippen LogP contribution in [0.4, 0.5) is 10.5 Å². The van der Waals surface area contributed by atoms with Crippen LogP contribution in [0.3, 0.4) is 0 Å². The largest absolute Gasteiger partial charge is 0.444 e. The van der Waals surface area contributed by atoms with Gasteiger partial charge in [-0.25, -0.2) is 4.79 Å². The van der Waals surface area contributed by atoms with Gasteiger partial charge in [0.05, 0.1) is 31.1 Å². The van der Waals surface area contributed by atoms with Crippen molar-refractivity contribution >= 4 is 11.8 Å². The van der Waals surface area contributed by atoms with Gasteiger partial charge in [-0.15, -0.1) is 0 Å². The molecule has 7 nitrogen and oxygen atoms in total. The quantitative estimate of drug-likeness (QED) is 0.852. The van der Waals surface area contributed by atoms with Crippen molar-refractivity contribution in [1.82, 2.24) is 14.7 Å². The number of hydrogen-bond acceptors (Lipinski definition) is 5. The standard InChI is InChI=1S/C18H32N4O3/c1-6-7-21-12-15(11-19-21)20-14(2)10-16-13-24-9-8-22(16)17(23)25-18(3,4)5/h11-12,14,16,20H,6-10,13H2,1-5H3/t14-,16+/m0/s1. The molecule has 0 bridgehead atoms. The summed E-state index contributed by atoms with van der Waals surface area (Å²) in [5.74, 6) is 0. The van der Waals surface area contributed by atoms with Gasteiger partial charge in [-0.1, -0.05) is 6.92 Å². The zero-order valence-corrected chi connectivity index (χ0v) is 16.1. The summed E-state index contributed by atoms with van der Waals surface area (Å²) < 4.78 is 13.1. The highest BCUT2D eigenvalue weighted by molar-refractivity contribution is 5.68. The Balaban J connectivity index is 1.91. The third-order valence-corrected chi connectivity index (χ3v) is 3.98. The molecule has 1 amide bonds. The van der Waals surface area contributed by atoms with Crippen LogP contribution in [0.1, 0.15) is 47.5 Å². The van der Waals surface area contributed by atoms with Crippen molar-refractivity contribution in [1.29, 1.82) is 0 Å². The lowest BCUT2D eigenvalue weighted by Crippen LogP contribution is -2.51. The maximum Gasteiger partial charge on any atom is 0.410 e. The molecule has 25 heavy (non-hydrogen) atoms. The average Bonchev–Trinajstić information content (AvgIpc) is 2.93. The molecule has 142 valence electrons. The van der Waals surface area contributed by atoms with Crippen LogP contribution in [-0.2, 0) is 16.0 Å². The van der Waals surface area contributed by atoms with Crippen LogP contribution in [0.5, 0.6) is 0 Å². The molecule has 2 atom stereocenters. The van der Waals surface area contributed by atoms with Gasteiger partial charge in [-0.05, 0) is 40.5 Å². The highest BCUT2D eigenvalue weighted by atomic mass is 16.6. The number of aromatic nitrogens is 2. The van der Waals surface area contributed by atoms with Gasteiger partial charge in [-0.3, -0.25) is 4.68 Å². The van der Waals surface area contributed by atoms with Gasteiger partial charge in [0.1, 0.15) is 5.60 Å². The first-order valence-corrected chi connectivity index (χ1v) is 9.15. The maximum absolute atomic E-state index is 12.5. The van der Waals surface area contributed by atoms with Crippen molar-refractivity contribution in [2.75, 3.05) is 25.1 Å². The van der Waals surface area contributed by atoms with E-state index >= 15 is 0 Å². The lowest BCUT2D eigenvalue weighted by molar-refractivity contribution is -0.0345. The molecule has 1 N–H and O–H groups in total. The SMILES string of the molecule is CCCn1cc(N[C@@H](C)C[C@@H]2COCCN2C(=O)OC(C)(C)C)cn1. The van der Waals surface area contributed by atoms with Crippen molar-refractivity contribution in [3.63, 3.8) is 0 Å². The number of amides is 1. The Bertz CT molecular complexity index is 553. The topological polar surface area (TPSA) is 68.6 Å². The van der Waals surface area contributed by atoms with Gasteiger partial charge < -0.3 is 19.7 Å². The third kappa shape index (κ3) is 6.23. The van der Waals surface area contributed by atoms with Gasteiger partial charge in [0, 0.05) is 25.3 Å². The summed E-state index contributed by atoms with van der Waals surface area (Å²) >= 11 is 0. The van der Waals surface area contributed by atoms with Crippen molar-refractivity contribution in [2.24, 2.45) is 0 Å². The van der Waals surface area contributed by atoms with Crippen molar-refractivity contribution < 1.29 is 14.3 Å². The number of ether oxygens (including phenoxy) is 2. The molecule has 1 aliphatic rings. The van der Waals surface area contributed by atoms with E-state index in [1.165, 1.54) is 0 Å². The van der Waals surface area contributed by atoms with Crippen LogP contribution in [0.2, 0.25) is 0 Å². The molecule has 1 aromatic heterocycles. The number of carbonyl (C=O) groups excluding carboxylic acids is 1. The second kappa shape index (κ2) is 8.56. The summed E-state index contributed by atoms with van der Waals surface area (Å²) in [6.07, 6.45) is 5.45. The van der Waals surface area contributed by atoms with Gasteiger partial charge in [-0.2, -0.15) is 5.10 Å². The fraction of sp³-hybridized carbons (Fsp3) is 0.778. The molecule has 1 aromatic rings. The molecule has 2 rings (SSSR count). The van der Waals surface area contributed by atoms with E-state index in [1.54, 1.807) is 4.90 Å². The summed E-state index contributed by atoms with van der Waals surface area (Å²) in [6.45, 7) is 12.5. The predicted molar refractivity (Wildman–Crippen MR) is 97.8 cm³/mol. The molecule has 0 aromatic carbocycles. The van der Waals surface area contributed by atoms with Crippen molar-refractivity contribution in [2.45, 2.75) is 71.7 Å². The van der Waals surface area contributed by atoms with Crippen LogP contribution in [-0.4, -0.2) is 58.2 Å². The highest BCUT2D eigenvalue weighted by Gasteiger charge is 2.31. The molecule has 7 heteroatoms. The molecule has 1 aliphatic heterocycles. The van der Waals surface area contributed by atoms with E-state index in [-0.39, 0.29) is 18.2 Å². The number of anilines is 1. The Hall–Kier alpha value is -1.76. The first-order valence-electron chi connectivity index (χ1n) is 9.15. The van der Waals surface area contributed by atoms with E-state index in [4.69, 9.17) is 9.47 Å². The van der Waals surface area contributed by atoms with Gasteiger partial charge in [0.15, 0.2) is 0 Å². The Morgan fingerprint density at radius 3 is 2.96 bits per heavy atom. The summed E-state index contributed by atoms with van der Waals surface area (Å²) in [4.78, 5) is 14.3. The van der Waals surface area contributed by atoms with Crippen LogP contribution >= 0.6 is 0 Å². The minimum atomic E-state index is -0.488. The first kappa shape index (κ1) is 19.6. The fourth-order valence-corrected chi connectivity index (χ4v) is 2.95. The summed E-state index contributed by atoms with van der Waals surface area (Å²) in [6, 6.07) is 0.202. The van der Waals surface area contributed by atoms with E-state index in [9.17, 15) is 4.79 Å². The van der Waals surface area contributed by atoms with Crippen molar-refractivity contribution in [3.8, 4) is 0 Å². The molecular formula is C18H32N4O3. The zero-order valence-electron chi connectivity index (χ0n) is 16.1. The molecular weight excluding hydrogens is 320 g/mol. The number of hydrogen-bond donors (Lipinski definition) is 1. The normalized spacial score (nSPS) is 19.6. The number of aryl methyl sites for hydroxylation is 1. The first-order chi connectivity index (χ1) is 11.8. The monoisotopic (exact) mass is 352 g/mol. The average molecular weight is 352 g/mol. The number of morpholine rings is 1.